The fraction of sp³-hybridized carbons (Fsp3) is 0.200. The lowest BCUT2D eigenvalue weighted by Crippen LogP contribution is -2.18. The molecule has 1 amide bonds. The molecule has 10 heteroatoms. The summed E-state index contributed by atoms with van der Waals surface area (Å²) in [7, 11) is 0. The van der Waals surface area contributed by atoms with Crippen molar-refractivity contribution in [3.8, 4) is 0 Å². The van der Waals surface area contributed by atoms with Crippen LogP contribution < -0.4 is 5.32 Å². The molecule has 6 nitrogen and oxygen atoms in total. The molecule has 0 aliphatic heterocycles. The number of anilines is 1. The van der Waals surface area contributed by atoms with Gasteiger partial charge in [-0.2, -0.15) is 13.2 Å². The van der Waals surface area contributed by atoms with Crippen LogP contribution in [-0.2, 0) is 11.0 Å². The lowest BCUT2D eigenvalue weighted by atomic mass is 10.1. The Balaban J connectivity index is 1.49. The van der Waals surface area contributed by atoms with Crippen molar-refractivity contribution >= 4 is 45.4 Å². The van der Waals surface area contributed by atoms with E-state index in [1.807, 2.05) is 25.1 Å². The van der Waals surface area contributed by atoms with Gasteiger partial charge in [0, 0.05) is 10.9 Å². The van der Waals surface area contributed by atoms with Gasteiger partial charge in [0.05, 0.1) is 17.0 Å². The summed E-state index contributed by atoms with van der Waals surface area (Å²) in [6.07, 6.45) is -4.56. The lowest BCUT2D eigenvalue weighted by Gasteiger charge is -2.14. The van der Waals surface area contributed by atoms with Crippen molar-refractivity contribution in [1.29, 1.82) is 0 Å². The van der Waals surface area contributed by atoms with Crippen LogP contribution in [0.3, 0.4) is 0 Å². The van der Waals surface area contributed by atoms with Crippen molar-refractivity contribution in [1.82, 2.24) is 20.2 Å². The smallest absolute Gasteiger partial charge is 0.338 e. The molecule has 0 saturated carbocycles. The van der Waals surface area contributed by atoms with Crippen LogP contribution in [0.2, 0.25) is 0 Å². The fourth-order valence-electron chi connectivity index (χ4n) is 3.05. The number of carbonyl (C=O) groups is 1. The third kappa shape index (κ3) is 4.09. The summed E-state index contributed by atoms with van der Waals surface area (Å²) in [5, 5.41) is 11.7. The number of aromatic nitrogens is 4. The van der Waals surface area contributed by atoms with Crippen LogP contribution in [-0.4, -0.2) is 31.8 Å². The van der Waals surface area contributed by atoms with Crippen molar-refractivity contribution in [3.05, 3.63) is 53.1 Å². The number of fused-ring (bicyclic) bond motifs is 3. The van der Waals surface area contributed by atoms with Crippen LogP contribution in [0.4, 0.5) is 18.9 Å². The highest BCUT2D eigenvalue weighted by molar-refractivity contribution is 7.99. The van der Waals surface area contributed by atoms with Gasteiger partial charge < -0.3 is 10.3 Å². The number of nitrogens with zero attached hydrogens (tertiary/aromatic N) is 3. The second-order valence-corrected chi connectivity index (χ2v) is 7.79. The van der Waals surface area contributed by atoms with E-state index in [1.165, 1.54) is 12.1 Å². The van der Waals surface area contributed by atoms with Gasteiger partial charge in [0.2, 0.25) is 11.1 Å². The van der Waals surface area contributed by atoms with E-state index in [4.69, 9.17) is 0 Å². The maximum atomic E-state index is 13.2. The Hall–Kier alpha value is -3.14. The number of benzene rings is 2. The average Bonchev–Trinajstić information content (AvgIpc) is 3.04. The predicted octanol–water partition coefficient (Wildman–Crippen LogP) is 4.87. The van der Waals surface area contributed by atoms with E-state index in [1.54, 1.807) is 6.92 Å². The zero-order valence-corrected chi connectivity index (χ0v) is 16.8. The van der Waals surface area contributed by atoms with E-state index in [-0.39, 0.29) is 16.6 Å². The largest absolute Gasteiger partial charge is 0.418 e. The number of aryl methyl sites for hydroxylation is 2. The van der Waals surface area contributed by atoms with E-state index in [2.05, 4.69) is 25.5 Å². The summed E-state index contributed by atoms with van der Waals surface area (Å²) in [5.41, 5.74) is 2.40. The first-order valence-corrected chi connectivity index (χ1v) is 9.92. The van der Waals surface area contributed by atoms with Gasteiger partial charge in [0.25, 0.3) is 0 Å². The number of hydrogen-bond acceptors (Lipinski definition) is 5. The van der Waals surface area contributed by atoms with Crippen LogP contribution >= 0.6 is 11.8 Å². The Morgan fingerprint density at radius 3 is 2.60 bits per heavy atom. The maximum absolute atomic E-state index is 13.2. The lowest BCUT2D eigenvalue weighted by molar-refractivity contribution is -0.137. The molecule has 0 aliphatic rings. The monoisotopic (exact) mass is 431 g/mol. The second-order valence-electron chi connectivity index (χ2n) is 6.85. The van der Waals surface area contributed by atoms with Gasteiger partial charge in [0.15, 0.2) is 5.65 Å². The van der Waals surface area contributed by atoms with Crippen LogP contribution in [0.25, 0.3) is 22.1 Å². The van der Waals surface area contributed by atoms with Gasteiger partial charge in [-0.15, -0.1) is 10.2 Å². The zero-order valence-electron chi connectivity index (χ0n) is 16.0. The molecule has 4 rings (SSSR count). The number of carbonyl (C=O) groups excluding carboxylic acids is 1. The third-order valence-corrected chi connectivity index (χ3v) is 5.28. The Bertz CT molecular complexity index is 1270. The van der Waals surface area contributed by atoms with Crippen molar-refractivity contribution in [2.75, 3.05) is 11.1 Å². The van der Waals surface area contributed by atoms with Crippen molar-refractivity contribution in [2.24, 2.45) is 0 Å². The third-order valence-electron chi connectivity index (χ3n) is 4.44. The van der Waals surface area contributed by atoms with Crippen LogP contribution in [0.5, 0.6) is 0 Å². The van der Waals surface area contributed by atoms with Gasteiger partial charge in [-0.25, -0.2) is 4.98 Å². The quantitative estimate of drug-likeness (QED) is 0.451. The van der Waals surface area contributed by atoms with Crippen molar-refractivity contribution < 1.29 is 18.0 Å². The molecule has 2 aromatic carbocycles. The Morgan fingerprint density at radius 1 is 1.10 bits per heavy atom. The number of thioether (sulfide) groups is 1. The molecule has 2 N–H and O–H groups in total. The minimum absolute atomic E-state index is 0.155. The molecule has 0 unspecified atom stereocenters. The Kier molecular flexibility index (Phi) is 5.10. The van der Waals surface area contributed by atoms with E-state index in [0.29, 0.717) is 16.7 Å². The van der Waals surface area contributed by atoms with Crippen molar-refractivity contribution in [2.45, 2.75) is 25.2 Å². The standard InChI is InChI=1S/C20H16F3N5OS/c1-10-3-5-14-12(7-10)17-18(25-14)26-19(28-27-17)30-9-16(29)24-15-6-4-11(2)8-13(15)20(21,22)23/h3-8H,9H2,1-2H3,(H,24,29)(H,25,26,28). The number of H-pyrrole nitrogens is 1. The molecule has 0 radical (unpaired) electrons. The number of halogens is 3. The molecule has 0 fully saturated rings. The van der Waals surface area contributed by atoms with Gasteiger partial charge in [-0.3, -0.25) is 4.79 Å². The average molecular weight is 431 g/mol. The highest BCUT2D eigenvalue weighted by atomic mass is 32.2. The van der Waals surface area contributed by atoms with Gasteiger partial charge >= 0.3 is 6.18 Å². The summed E-state index contributed by atoms with van der Waals surface area (Å²) in [4.78, 5) is 19.7. The first-order valence-electron chi connectivity index (χ1n) is 8.94. The van der Waals surface area contributed by atoms with Gasteiger partial charge in [0.1, 0.15) is 5.52 Å². The number of nitrogens with one attached hydrogen (secondary N) is 2. The van der Waals surface area contributed by atoms with Gasteiger partial charge in [-0.05, 0) is 38.1 Å². The number of aromatic amines is 1. The molecule has 0 bridgehead atoms. The summed E-state index contributed by atoms with van der Waals surface area (Å²) >= 11 is 0.994. The molecule has 0 aliphatic carbocycles. The van der Waals surface area contributed by atoms with Crippen LogP contribution in [0, 0.1) is 13.8 Å². The predicted molar refractivity (Wildman–Crippen MR) is 109 cm³/mol. The summed E-state index contributed by atoms with van der Waals surface area (Å²) in [6.45, 7) is 3.53. The molecule has 4 aromatic rings. The van der Waals surface area contributed by atoms with Crippen LogP contribution in [0.1, 0.15) is 16.7 Å². The summed E-state index contributed by atoms with van der Waals surface area (Å²) in [5.74, 6) is -0.747. The minimum atomic E-state index is -4.56. The van der Waals surface area contributed by atoms with E-state index >= 15 is 0 Å². The molecule has 2 heterocycles. The minimum Gasteiger partial charge on any atom is -0.338 e. The zero-order chi connectivity index (χ0) is 21.5. The first kappa shape index (κ1) is 20.1. The topological polar surface area (TPSA) is 83.6 Å². The highest BCUT2D eigenvalue weighted by Gasteiger charge is 2.34. The molecule has 0 saturated heterocycles. The molecule has 0 atom stereocenters. The molecule has 154 valence electrons. The number of hydrogen-bond donors (Lipinski definition) is 2. The Labute approximate surface area is 173 Å². The molecular weight excluding hydrogens is 415 g/mol. The first-order chi connectivity index (χ1) is 14.2. The summed E-state index contributed by atoms with van der Waals surface area (Å²) < 4.78 is 39.6. The number of amides is 1. The normalized spacial score (nSPS) is 11.9. The van der Waals surface area contributed by atoms with E-state index in [9.17, 15) is 18.0 Å². The number of alkyl halides is 3. The number of rotatable bonds is 4. The Morgan fingerprint density at radius 2 is 1.83 bits per heavy atom. The summed E-state index contributed by atoms with van der Waals surface area (Å²) in [6, 6.07) is 9.62. The molecule has 2 aromatic heterocycles. The molecular formula is C20H16F3N5OS. The highest BCUT2D eigenvalue weighted by Crippen LogP contribution is 2.35. The SMILES string of the molecule is Cc1ccc(NC(=O)CSc2nnc3c(n2)[nH]c2ccc(C)cc23)c(C(F)(F)F)c1. The second kappa shape index (κ2) is 7.60. The van der Waals surface area contributed by atoms with E-state index in [0.717, 1.165) is 34.3 Å². The fourth-order valence-corrected chi connectivity index (χ4v) is 3.64. The molecule has 30 heavy (non-hydrogen) atoms. The van der Waals surface area contributed by atoms with E-state index < -0.39 is 17.6 Å². The molecule has 0 spiro atoms. The van der Waals surface area contributed by atoms with Crippen LogP contribution in [0.15, 0.2) is 41.6 Å². The maximum Gasteiger partial charge on any atom is 0.418 e. The van der Waals surface area contributed by atoms with Crippen molar-refractivity contribution in [3.63, 3.8) is 0 Å². The van der Waals surface area contributed by atoms with Gasteiger partial charge in [-0.1, -0.05) is 35.0 Å².